The number of hydrogen-bond acceptors (Lipinski definition) is 6. The molecule has 0 spiro atoms. The number of hydrogen-bond donors (Lipinski definition) is 2. The van der Waals surface area contributed by atoms with Gasteiger partial charge in [0.05, 0.1) is 7.11 Å². The van der Waals surface area contributed by atoms with E-state index in [0.29, 0.717) is 22.4 Å². The molecule has 0 atom stereocenters. The van der Waals surface area contributed by atoms with Gasteiger partial charge in [-0.15, -0.1) is 10.2 Å². The number of anilines is 1. The van der Waals surface area contributed by atoms with E-state index in [1.165, 1.54) is 11.3 Å². The summed E-state index contributed by atoms with van der Waals surface area (Å²) in [7, 11) is 1.54. The third kappa shape index (κ3) is 6.15. The molecule has 2 aromatic rings. The average molecular weight is 362 g/mol. The van der Waals surface area contributed by atoms with Crippen molar-refractivity contribution in [1.29, 1.82) is 0 Å². The Balaban J connectivity index is 1.76. The molecule has 134 valence electrons. The summed E-state index contributed by atoms with van der Waals surface area (Å²) >= 11 is 1.37. The smallest absolute Gasteiger partial charge is 0.251 e. The van der Waals surface area contributed by atoms with E-state index < -0.39 is 0 Å². The van der Waals surface area contributed by atoms with Crippen LogP contribution in [0.3, 0.4) is 0 Å². The first-order valence-electron chi connectivity index (χ1n) is 8.02. The number of carbonyl (C=O) groups excluding carboxylic acids is 2. The van der Waals surface area contributed by atoms with E-state index in [1.807, 2.05) is 0 Å². The largest absolute Gasteiger partial charge is 0.497 e. The second-order valence-electron chi connectivity index (χ2n) is 5.88. The number of rotatable bonds is 8. The number of nitrogens with one attached hydrogen (secondary N) is 2. The van der Waals surface area contributed by atoms with E-state index in [0.717, 1.165) is 11.4 Å². The molecule has 0 aliphatic carbocycles. The SMILES string of the molecule is COc1cccc(C(=O)NCCC(=O)Nc2nnc(CC(C)C)s2)c1. The summed E-state index contributed by atoms with van der Waals surface area (Å²) in [5.41, 5.74) is 0.488. The van der Waals surface area contributed by atoms with Crippen LogP contribution in [-0.2, 0) is 11.2 Å². The van der Waals surface area contributed by atoms with Gasteiger partial charge in [-0.2, -0.15) is 0 Å². The fourth-order valence-electron chi connectivity index (χ4n) is 2.07. The lowest BCUT2D eigenvalue weighted by Crippen LogP contribution is -2.27. The maximum atomic E-state index is 12.0. The molecule has 0 saturated heterocycles. The van der Waals surface area contributed by atoms with Crippen LogP contribution in [0.25, 0.3) is 0 Å². The van der Waals surface area contributed by atoms with Crippen molar-refractivity contribution in [2.24, 2.45) is 5.92 Å². The molecule has 0 aliphatic rings. The van der Waals surface area contributed by atoms with Crippen LogP contribution < -0.4 is 15.4 Å². The molecule has 0 bridgehead atoms. The monoisotopic (exact) mass is 362 g/mol. The van der Waals surface area contributed by atoms with Crippen molar-refractivity contribution in [3.8, 4) is 5.75 Å². The molecule has 8 heteroatoms. The lowest BCUT2D eigenvalue weighted by atomic mass is 10.1. The highest BCUT2D eigenvalue weighted by molar-refractivity contribution is 7.15. The van der Waals surface area contributed by atoms with Gasteiger partial charge in [-0.05, 0) is 24.1 Å². The topological polar surface area (TPSA) is 93.2 Å². The summed E-state index contributed by atoms with van der Waals surface area (Å²) in [5, 5.41) is 14.8. The fraction of sp³-hybridized carbons (Fsp3) is 0.412. The Morgan fingerprint density at radius 1 is 1.28 bits per heavy atom. The minimum Gasteiger partial charge on any atom is -0.497 e. The van der Waals surface area contributed by atoms with Gasteiger partial charge in [0, 0.05) is 24.9 Å². The van der Waals surface area contributed by atoms with E-state index in [9.17, 15) is 9.59 Å². The van der Waals surface area contributed by atoms with Crippen LogP contribution in [0, 0.1) is 5.92 Å². The summed E-state index contributed by atoms with van der Waals surface area (Å²) in [6.07, 6.45) is 0.999. The van der Waals surface area contributed by atoms with Gasteiger partial charge in [0.1, 0.15) is 10.8 Å². The normalized spacial score (nSPS) is 10.6. The first kappa shape index (κ1) is 18.9. The van der Waals surface area contributed by atoms with Gasteiger partial charge in [-0.3, -0.25) is 9.59 Å². The fourth-order valence-corrected chi connectivity index (χ4v) is 3.04. The summed E-state index contributed by atoms with van der Waals surface area (Å²) in [4.78, 5) is 24.0. The lowest BCUT2D eigenvalue weighted by Gasteiger charge is -2.06. The third-order valence-electron chi connectivity index (χ3n) is 3.27. The van der Waals surface area contributed by atoms with Crippen LogP contribution in [0.5, 0.6) is 5.75 Å². The molecule has 1 aromatic heterocycles. The minimum atomic E-state index is -0.248. The van der Waals surface area contributed by atoms with E-state index in [1.54, 1.807) is 31.4 Å². The summed E-state index contributed by atoms with van der Waals surface area (Å²) in [6, 6.07) is 6.84. The highest BCUT2D eigenvalue weighted by Gasteiger charge is 2.11. The Hall–Kier alpha value is -2.48. The number of nitrogens with zero attached hydrogens (tertiary/aromatic N) is 2. The maximum absolute atomic E-state index is 12.0. The number of benzene rings is 1. The molecule has 1 heterocycles. The van der Waals surface area contributed by atoms with Crippen LogP contribution in [0.15, 0.2) is 24.3 Å². The van der Waals surface area contributed by atoms with Crippen LogP contribution in [-0.4, -0.2) is 35.7 Å². The highest BCUT2D eigenvalue weighted by atomic mass is 32.1. The predicted molar refractivity (Wildman–Crippen MR) is 97.0 cm³/mol. The second kappa shape index (κ2) is 9.12. The van der Waals surface area contributed by atoms with Crippen molar-refractivity contribution in [3.63, 3.8) is 0 Å². The van der Waals surface area contributed by atoms with Crippen molar-refractivity contribution in [2.75, 3.05) is 19.0 Å². The van der Waals surface area contributed by atoms with Crippen molar-refractivity contribution in [2.45, 2.75) is 26.7 Å². The van der Waals surface area contributed by atoms with E-state index in [2.05, 4.69) is 34.7 Å². The number of aromatic nitrogens is 2. The summed E-state index contributed by atoms with van der Waals surface area (Å²) in [6.45, 7) is 4.44. The molecule has 0 aliphatic heterocycles. The second-order valence-corrected chi connectivity index (χ2v) is 6.95. The van der Waals surface area contributed by atoms with Crippen molar-refractivity contribution < 1.29 is 14.3 Å². The molecule has 7 nitrogen and oxygen atoms in total. The molecule has 0 fully saturated rings. The number of ether oxygens (including phenoxy) is 1. The van der Waals surface area contributed by atoms with Gasteiger partial charge >= 0.3 is 0 Å². The zero-order chi connectivity index (χ0) is 18.2. The minimum absolute atomic E-state index is 0.162. The Morgan fingerprint density at radius 3 is 2.80 bits per heavy atom. The number of methoxy groups -OCH3 is 1. The molecular weight excluding hydrogens is 340 g/mol. The average Bonchev–Trinajstić information content (AvgIpc) is 3.00. The standard InChI is InChI=1S/C17H22N4O3S/c1-11(2)9-15-20-21-17(25-15)19-14(22)7-8-18-16(23)12-5-4-6-13(10-12)24-3/h4-6,10-11H,7-9H2,1-3H3,(H,18,23)(H,19,21,22). The van der Waals surface area contributed by atoms with Crippen LogP contribution in [0.2, 0.25) is 0 Å². The molecule has 0 unspecified atom stereocenters. The lowest BCUT2D eigenvalue weighted by molar-refractivity contribution is -0.116. The summed E-state index contributed by atoms with van der Waals surface area (Å²) in [5.74, 6) is 0.641. The van der Waals surface area contributed by atoms with Crippen molar-refractivity contribution in [3.05, 3.63) is 34.8 Å². The third-order valence-corrected chi connectivity index (χ3v) is 4.13. The predicted octanol–water partition coefficient (Wildman–Crippen LogP) is 2.50. The van der Waals surface area contributed by atoms with Crippen LogP contribution in [0.4, 0.5) is 5.13 Å². The maximum Gasteiger partial charge on any atom is 0.251 e. The van der Waals surface area contributed by atoms with Crippen molar-refractivity contribution >= 4 is 28.3 Å². The molecule has 2 rings (SSSR count). The zero-order valence-corrected chi connectivity index (χ0v) is 15.4. The number of amides is 2. The van der Waals surface area contributed by atoms with E-state index in [-0.39, 0.29) is 24.8 Å². The quantitative estimate of drug-likeness (QED) is 0.753. The molecule has 2 amide bonds. The van der Waals surface area contributed by atoms with Crippen LogP contribution >= 0.6 is 11.3 Å². The highest BCUT2D eigenvalue weighted by Crippen LogP contribution is 2.18. The first-order valence-corrected chi connectivity index (χ1v) is 8.84. The van der Waals surface area contributed by atoms with Gasteiger partial charge in [0.2, 0.25) is 11.0 Å². The first-order chi connectivity index (χ1) is 12.0. The molecular formula is C17H22N4O3S. The molecule has 0 saturated carbocycles. The van der Waals surface area contributed by atoms with Gasteiger partial charge in [0.15, 0.2) is 0 Å². The Kier molecular flexibility index (Phi) is 6.88. The Morgan fingerprint density at radius 2 is 2.08 bits per heavy atom. The number of carbonyl (C=O) groups is 2. The molecule has 1 aromatic carbocycles. The van der Waals surface area contributed by atoms with Gasteiger partial charge in [-0.25, -0.2) is 0 Å². The van der Waals surface area contributed by atoms with E-state index in [4.69, 9.17) is 4.74 Å². The summed E-state index contributed by atoms with van der Waals surface area (Å²) < 4.78 is 5.08. The van der Waals surface area contributed by atoms with Gasteiger partial charge in [-0.1, -0.05) is 31.3 Å². The molecule has 0 radical (unpaired) electrons. The molecule has 2 N–H and O–H groups in total. The zero-order valence-electron chi connectivity index (χ0n) is 14.5. The Labute approximate surface area is 150 Å². The molecule has 25 heavy (non-hydrogen) atoms. The van der Waals surface area contributed by atoms with E-state index >= 15 is 0 Å². The van der Waals surface area contributed by atoms with Gasteiger partial charge < -0.3 is 15.4 Å². The van der Waals surface area contributed by atoms with Crippen molar-refractivity contribution in [1.82, 2.24) is 15.5 Å². The Bertz CT molecular complexity index is 730. The van der Waals surface area contributed by atoms with Crippen LogP contribution in [0.1, 0.15) is 35.6 Å². The van der Waals surface area contributed by atoms with Gasteiger partial charge in [0.25, 0.3) is 5.91 Å².